The monoisotopic (exact) mass is 1610 g/mol. The van der Waals surface area contributed by atoms with Gasteiger partial charge in [-0.1, -0.05) is 5.21 Å². The number of esters is 3. The highest BCUT2D eigenvalue weighted by Gasteiger charge is 2.52. The van der Waals surface area contributed by atoms with Crippen LogP contribution in [-0.4, -0.2) is 408 Å². The zero-order chi connectivity index (χ0) is 84.3. The molecule has 47 heteroatoms. The first kappa shape index (κ1) is 99.4. The van der Waals surface area contributed by atoms with Crippen molar-refractivity contribution in [2.45, 2.75) is 140 Å². The van der Waals surface area contributed by atoms with Gasteiger partial charge in [0, 0.05) is 52.4 Å². The summed E-state index contributed by atoms with van der Waals surface area (Å²) in [7, 11) is 27.9. The van der Waals surface area contributed by atoms with Crippen LogP contribution in [0.1, 0.15) is 84.1 Å². The van der Waals surface area contributed by atoms with E-state index in [4.69, 9.17) is 78.8 Å². The van der Waals surface area contributed by atoms with Crippen LogP contribution in [0.2, 0.25) is 0 Å². The summed E-state index contributed by atoms with van der Waals surface area (Å²) in [4.78, 5) is 149. The molecule has 4 unspecified atom stereocenters. The molecular weight excluding hydrogens is 1490 g/mol. The van der Waals surface area contributed by atoms with E-state index in [1.165, 1.54) is 13.8 Å². The van der Waals surface area contributed by atoms with E-state index in [0.717, 1.165) is 17.8 Å². The average molecular weight is 1610 g/mol. The van der Waals surface area contributed by atoms with Gasteiger partial charge in [-0.15, -0.1) is 5.10 Å². The van der Waals surface area contributed by atoms with Crippen LogP contribution in [0.3, 0.4) is 0 Å². The third-order valence-corrected chi connectivity index (χ3v) is 17.8. The van der Waals surface area contributed by atoms with Gasteiger partial charge in [0.15, 0.2) is 67.1 Å². The lowest BCUT2D eigenvalue weighted by molar-refractivity contribution is -0.347. The molecule has 0 saturated carbocycles. The Bertz CT molecular complexity index is 2860. The van der Waals surface area contributed by atoms with Crippen LogP contribution in [0, 0.1) is 16.2 Å². The van der Waals surface area contributed by atoms with E-state index in [1.54, 1.807) is 0 Å². The molecule has 0 spiro atoms. The van der Waals surface area contributed by atoms with E-state index >= 15 is 0 Å². The zero-order valence-electron chi connectivity index (χ0n) is 65.3. The molecule has 2 fully saturated rings. The molecule has 10 atom stereocenters. The Hall–Kier alpha value is -7.79. The van der Waals surface area contributed by atoms with Gasteiger partial charge in [0.25, 0.3) is 0 Å². The van der Waals surface area contributed by atoms with Crippen molar-refractivity contribution >= 4 is 96.9 Å². The summed E-state index contributed by atoms with van der Waals surface area (Å²) in [5.74, 6) is -6.42. The van der Waals surface area contributed by atoms with Gasteiger partial charge < -0.3 is 145 Å². The van der Waals surface area contributed by atoms with E-state index in [1.807, 2.05) is 47.8 Å². The number of nitrogens with one attached hydrogen (secondary N) is 8. The highest BCUT2D eigenvalue weighted by Crippen LogP contribution is 2.34. The highest BCUT2D eigenvalue weighted by molar-refractivity contribution is 6.57. The van der Waals surface area contributed by atoms with Gasteiger partial charge in [0.05, 0.1) is 19.4 Å². The third-order valence-electron chi connectivity index (χ3n) is 17.8. The molecule has 8 radical (unpaired) electrons. The van der Waals surface area contributed by atoms with Crippen LogP contribution in [-0.2, 0) is 68.4 Å². The number of hydrogen-bond acceptors (Lipinski definition) is 34. The predicted octanol–water partition coefficient (Wildman–Crippen LogP) is -5.51. The van der Waals surface area contributed by atoms with Gasteiger partial charge in [-0.2, -0.15) is 0 Å². The number of aliphatic hydroxyl groups excluding tert-OH is 7. The minimum absolute atomic E-state index is 0.0893. The summed E-state index contributed by atoms with van der Waals surface area (Å²) in [6, 6.07) is 0. The molecule has 632 valence electrons. The molecule has 2 aliphatic heterocycles. The van der Waals surface area contributed by atoms with Crippen LogP contribution in [0.4, 0.5) is 38.4 Å². The number of hydrogen-bond donors (Lipinski definition) is 15. The molecule has 1 aromatic heterocycles. The van der Waals surface area contributed by atoms with Crippen molar-refractivity contribution in [2.75, 3.05) is 186 Å². The quantitative estimate of drug-likeness (QED) is 0.0125. The smallest absolute Gasteiger partial charge is 0.407 e. The van der Waals surface area contributed by atoms with E-state index in [-0.39, 0.29) is 31.9 Å². The fourth-order valence-corrected chi connectivity index (χ4v) is 10.8. The fraction of sp³-hybridized carbons (Fsp3) is 0.803. The number of alkyl carbamates (subject to hydrolysis) is 4. The normalized spacial score (nSPS) is 19.8. The minimum atomic E-state index is -2.29. The summed E-state index contributed by atoms with van der Waals surface area (Å²) in [6.07, 6.45) is -16.6. The lowest BCUT2D eigenvalue weighted by Crippen LogP contribution is -2.63. The summed E-state index contributed by atoms with van der Waals surface area (Å²) in [6.45, 7) is 1.74. The summed E-state index contributed by atoms with van der Waals surface area (Å²) < 4.78 is 57.2. The van der Waals surface area contributed by atoms with Crippen LogP contribution in [0.25, 0.3) is 0 Å². The number of ether oxygens (including phenoxy) is 10. The van der Waals surface area contributed by atoms with Crippen molar-refractivity contribution in [1.82, 2.24) is 77.1 Å². The van der Waals surface area contributed by atoms with Crippen molar-refractivity contribution in [3.05, 3.63) is 11.9 Å². The molecule has 0 aromatic carbocycles. The maximum atomic E-state index is 14.8. The molecule has 1 aromatic rings. The maximum Gasteiger partial charge on any atom is 0.407 e. The van der Waals surface area contributed by atoms with Crippen molar-refractivity contribution in [3.63, 3.8) is 0 Å². The van der Waals surface area contributed by atoms with Crippen LogP contribution in [0.15, 0.2) is 6.20 Å². The number of carbonyl (C=O) groups is 11. The summed E-state index contributed by atoms with van der Waals surface area (Å²) in [5.41, 5.74) is -6.64. The Labute approximate surface area is 661 Å². The van der Waals surface area contributed by atoms with Gasteiger partial charge in [0.2, 0.25) is 0 Å². The van der Waals surface area contributed by atoms with Crippen molar-refractivity contribution in [1.29, 1.82) is 0 Å². The van der Waals surface area contributed by atoms with Gasteiger partial charge in [-0.3, -0.25) is 33.6 Å². The second kappa shape index (κ2) is 52.6. The Morgan fingerprint density at radius 1 is 0.416 bits per heavy atom. The number of nitrogens with zero attached hydrogens (tertiary/aromatic N) is 7. The number of aromatic nitrogens is 3. The van der Waals surface area contributed by atoms with Crippen LogP contribution >= 0.6 is 0 Å². The lowest BCUT2D eigenvalue weighted by Gasteiger charge is -2.45. The molecule has 8 amide bonds. The highest BCUT2D eigenvalue weighted by atomic mass is 16.7. The summed E-state index contributed by atoms with van der Waals surface area (Å²) >= 11 is 0. The van der Waals surface area contributed by atoms with Crippen LogP contribution < -0.4 is 42.5 Å². The molecule has 0 bridgehead atoms. The topological polar surface area (TPSA) is 562 Å². The van der Waals surface area contributed by atoms with E-state index in [2.05, 4.69) is 52.8 Å². The molecule has 3 heterocycles. The molecule has 2 saturated heterocycles. The Balaban J connectivity index is 1.98. The van der Waals surface area contributed by atoms with Gasteiger partial charge in [-0.25, -0.2) is 23.9 Å². The van der Waals surface area contributed by atoms with Gasteiger partial charge in [-0.05, 0) is 153 Å². The number of aliphatic hydroxyl groups is 7. The van der Waals surface area contributed by atoms with Gasteiger partial charge in [0.1, 0.15) is 117 Å². The first-order chi connectivity index (χ1) is 53.5. The fourth-order valence-electron chi connectivity index (χ4n) is 10.8. The zero-order valence-corrected chi connectivity index (χ0v) is 65.3. The summed E-state index contributed by atoms with van der Waals surface area (Å²) in [5, 5.41) is 102. The predicted molar refractivity (Wildman–Crippen MR) is 399 cm³/mol. The van der Waals surface area contributed by atoms with Gasteiger partial charge >= 0.3 is 42.3 Å². The number of carbonyl (C=O) groups excluding carboxylic acids is 11. The van der Waals surface area contributed by atoms with E-state index in [0.29, 0.717) is 130 Å². The lowest BCUT2D eigenvalue weighted by atomic mass is 9.90. The molecule has 113 heavy (non-hydrogen) atoms. The Morgan fingerprint density at radius 2 is 0.717 bits per heavy atom. The SMILES string of the molecule is [B]C(=O)NCCCN(C)CCCNC(=O)OCC(C)(COC(=O)NCCCN(C)CCCNC([B])=O)C(=O)OCC(C)(COC(=O)C(C)(COC(=O)NCCCN(C)CCCNC([B])=O)COC(=O)NCCCN(C)CCCNC([B])=O)C(=O)OCc1cn([C@@H]2OC(CO)[C@@H](O[C@@H]3OC(CO)[C@H](O)[C@H](O)C3O)[C@H](O)C2O)nn1. The van der Waals surface area contributed by atoms with E-state index < -0.39 is 203 Å². The second-order valence-corrected chi connectivity index (χ2v) is 28.3. The average Bonchev–Trinajstić information content (AvgIpc) is 1.77. The largest absolute Gasteiger partial charge is 0.464 e. The molecule has 43 nitrogen and oxygen atoms in total. The molecule has 15 N–H and O–H groups in total. The van der Waals surface area contributed by atoms with E-state index in [9.17, 15) is 88.5 Å². The minimum Gasteiger partial charge on any atom is -0.464 e. The second-order valence-electron chi connectivity index (χ2n) is 28.3. The van der Waals surface area contributed by atoms with Crippen molar-refractivity contribution in [2.24, 2.45) is 16.2 Å². The van der Waals surface area contributed by atoms with Crippen molar-refractivity contribution in [3.8, 4) is 0 Å². The molecular formula is C66H113B4N15O28. The number of amides is 8. The Morgan fingerprint density at radius 3 is 1.03 bits per heavy atom. The Kier molecular flexibility index (Phi) is 46.3. The first-order valence-electron chi connectivity index (χ1n) is 37.0. The first-order valence-corrected chi connectivity index (χ1v) is 37.0. The van der Waals surface area contributed by atoms with Crippen LogP contribution in [0.5, 0.6) is 0 Å². The molecule has 2 aliphatic rings. The maximum absolute atomic E-state index is 14.8. The number of rotatable bonds is 54. The molecule has 0 aliphatic carbocycles. The van der Waals surface area contributed by atoms with Crippen molar-refractivity contribution < 1.29 is 136 Å². The third kappa shape index (κ3) is 38.5. The molecule has 3 rings (SSSR count). The standard InChI is InChI=1S/C66H113B4N15O28/c1-64(53(93)104-35-42-32-85(80-79-42)51-48(91)47(90)50(44(34-87)111-51)113-52-49(92)46(89)45(88)43(33-86)112-52,36-105-54(94)65(2,38-107-60(100)75-20-12-28-81(4)24-8-16-71-56(67)96)39-108-61(101)76-21-13-29-82(5)25-9-17-72-57(68)97)37-106-55(95)66(3,40-109-62(102)77-22-14-30-83(6)26-10-18-73-58(69)98)41-110-63(103)78-23-15-31-84(7)27-11-19-74-59(70)99/h32,43-52,86-92H,8-31,33-41H2,1-7H3,(H,71,96)(H,72,97)(H,73,98)(H,74,99)(H,75,100)(H,76,101)(H,77,102)(H,78,103)/t43?,44?,45-,46-,47+,48?,49?,50+,51+,52-/m0/s1.